The van der Waals surface area contributed by atoms with E-state index >= 15 is 0 Å². The molecular weight excluding hydrogens is 352 g/mol. The van der Waals surface area contributed by atoms with Gasteiger partial charge in [-0.3, -0.25) is 14.9 Å². The molecule has 0 saturated heterocycles. The standard InChI is InChI=1S/C16H13ClN2O6/c1-9-2-5-14(20)11(6-9)16(22)25-8-15(21)18-10-3-4-12(17)13(7-10)19(23)24/h2-7,20H,8H2,1H3,(H,18,21). The summed E-state index contributed by atoms with van der Waals surface area (Å²) >= 11 is 5.68. The maximum absolute atomic E-state index is 11.9. The quantitative estimate of drug-likeness (QED) is 0.478. The number of ether oxygens (including phenoxy) is 1. The number of carbonyl (C=O) groups is 2. The Kier molecular flexibility index (Phi) is 5.56. The van der Waals surface area contributed by atoms with Crippen LogP contribution in [0.25, 0.3) is 0 Å². The minimum Gasteiger partial charge on any atom is -0.507 e. The molecule has 130 valence electrons. The van der Waals surface area contributed by atoms with Crippen LogP contribution in [0.5, 0.6) is 5.75 Å². The molecular formula is C16H13ClN2O6. The van der Waals surface area contributed by atoms with E-state index in [1.165, 1.54) is 24.3 Å². The second-order valence-electron chi connectivity index (χ2n) is 5.07. The zero-order chi connectivity index (χ0) is 18.6. The number of hydrogen-bond donors (Lipinski definition) is 2. The number of esters is 1. The number of nitro benzene ring substituents is 1. The third kappa shape index (κ3) is 4.67. The van der Waals surface area contributed by atoms with Gasteiger partial charge in [0.05, 0.1) is 4.92 Å². The number of phenolic OH excluding ortho intramolecular Hbond substituents is 1. The normalized spacial score (nSPS) is 10.2. The summed E-state index contributed by atoms with van der Waals surface area (Å²) < 4.78 is 4.83. The molecule has 0 unspecified atom stereocenters. The van der Waals surface area contributed by atoms with Crippen LogP contribution in [-0.4, -0.2) is 28.5 Å². The first-order chi connectivity index (χ1) is 11.8. The van der Waals surface area contributed by atoms with Gasteiger partial charge in [0.2, 0.25) is 0 Å². The van der Waals surface area contributed by atoms with E-state index in [1.54, 1.807) is 13.0 Å². The van der Waals surface area contributed by atoms with E-state index in [4.69, 9.17) is 16.3 Å². The van der Waals surface area contributed by atoms with Gasteiger partial charge in [0.1, 0.15) is 16.3 Å². The second kappa shape index (κ2) is 7.63. The Morgan fingerprint density at radius 3 is 2.68 bits per heavy atom. The molecule has 0 bridgehead atoms. The molecule has 1 amide bonds. The van der Waals surface area contributed by atoms with Gasteiger partial charge in [-0.05, 0) is 31.2 Å². The summed E-state index contributed by atoms with van der Waals surface area (Å²) in [6.45, 7) is 1.11. The molecule has 0 aliphatic rings. The molecule has 2 rings (SSSR count). The highest BCUT2D eigenvalue weighted by Crippen LogP contribution is 2.27. The van der Waals surface area contributed by atoms with Crippen molar-refractivity contribution in [2.24, 2.45) is 0 Å². The average Bonchev–Trinajstić information content (AvgIpc) is 2.56. The Hall–Kier alpha value is -3.13. The monoisotopic (exact) mass is 364 g/mol. The van der Waals surface area contributed by atoms with Gasteiger partial charge in [-0.2, -0.15) is 0 Å². The molecule has 25 heavy (non-hydrogen) atoms. The summed E-state index contributed by atoms with van der Waals surface area (Å²) in [6, 6.07) is 8.13. The number of benzene rings is 2. The molecule has 2 aromatic carbocycles. The van der Waals surface area contributed by atoms with Crippen molar-refractivity contribution in [1.29, 1.82) is 0 Å². The van der Waals surface area contributed by atoms with Crippen LogP contribution in [0.3, 0.4) is 0 Å². The van der Waals surface area contributed by atoms with E-state index in [9.17, 15) is 24.8 Å². The number of hydrogen-bond acceptors (Lipinski definition) is 6. The van der Waals surface area contributed by atoms with Gasteiger partial charge in [0.15, 0.2) is 6.61 Å². The fraction of sp³-hybridized carbons (Fsp3) is 0.125. The lowest BCUT2D eigenvalue weighted by atomic mass is 10.1. The van der Waals surface area contributed by atoms with Crippen LogP contribution in [0.15, 0.2) is 36.4 Å². The molecule has 0 saturated carbocycles. The van der Waals surface area contributed by atoms with Crippen molar-refractivity contribution >= 4 is 34.9 Å². The van der Waals surface area contributed by atoms with Gasteiger partial charge in [-0.1, -0.05) is 23.2 Å². The number of phenols is 1. The van der Waals surface area contributed by atoms with Gasteiger partial charge in [-0.25, -0.2) is 4.79 Å². The van der Waals surface area contributed by atoms with Crippen LogP contribution in [0.1, 0.15) is 15.9 Å². The topological polar surface area (TPSA) is 119 Å². The van der Waals surface area contributed by atoms with Crippen LogP contribution < -0.4 is 5.32 Å². The summed E-state index contributed by atoms with van der Waals surface area (Å²) in [6.07, 6.45) is 0. The predicted molar refractivity (Wildman–Crippen MR) is 89.9 cm³/mol. The smallest absolute Gasteiger partial charge is 0.342 e. The van der Waals surface area contributed by atoms with Gasteiger partial charge >= 0.3 is 5.97 Å². The van der Waals surface area contributed by atoms with Crippen molar-refractivity contribution in [2.45, 2.75) is 6.92 Å². The van der Waals surface area contributed by atoms with E-state index < -0.39 is 23.4 Å². The molecule has 8 nitrogen and oxygen atoms in total. The highest BCUT2D eigenvalue weighted by molar-refractivity contribution is 6.32. The molecule has 2 N–H and O–H groups in total. The van der Waals surface area contributed by atoms with E-state index in [2.05, 4.69) is 5.32 Å². The second-order valence-corrected chi connectivity index (χ2v) is 5.48. The fourth-order valence-electron chi connectivity index (χ4n) is 1.95. The minimum atomic E-state index is -0.863. The van der Waals surface area contributed by atoms with E-state index in [0.717, 1.165) is 11.6 Å². The highest BCUT2D eigenvalue weighted by Gasteiger charge is 2.16. The van der Waals surface area contributed by atoms with Crippen molar-refractivity contribution in [2.75, 3.05) is 11.9 Å². The number of nitrogens with one attached hydrogen (secondary N) is 1. The molecule has 0 heterocycles. The third-order valence-corrected chi connectivity index (χ3v) is 3.45. The van der Waals surface area contributed by atoms with E-state index in [0.29, 0.717) is 0 Å². The third-order valence-electron chi connectivity index (χ3n) is 3.13. The maximum atomic E-state index is 11.9. The first kappa shape index (κ1) is 18.2. The zero-order valence-electron chi connectivity index (χ0n) is 13.0. The van der Waals surface area contributed by atoms with Crippen molar-refractivity contribution in [3.05, 3.63) is 62.7 Å². The number of nitro groups is 1. The van der Waals surface area contributed by atoms with Crippen molar-refractivity contribution in [3.8, 4) is 5.75 Å². The number of carbonyl (C=O) groups excluding carboxylic acids is 2. The summed E-state index contributed by atoms with van der Waals surface area (Å²) in [7, 11) is 0. The van der Waals surface area contributed by atoms with Crippen LogP contribution in [0.2, 0.25) is 5.02 Å². The first-order valence-corrected chi connectivity index (χ1v) is 7.36. The number of rotatable bonds is 5. The largest absolute Gasteiger partial charge is 0.507 e. The molecule has 0 aliphatic carbocycles. The Morgan fingerprint density at radius 1 is 1.28 bits per heavy atom. The molecule has 0 atom stereocenters. The number of anilines is 1. The van der Waals surface area contributed by atoms with Crippen LogP contribution in [0, 0.1) is 17.0 Å². The number of aromatic hydroxyl groups is 1. The summed E-state index contributed by atoms with van der Waals surface area (Å²) in [5, 5.41) is 22.7. The van der Waals surface area contributed by atoms with Gasteiger partial charge in [0.25, 0.3) is 11.6 Å². The molecule has 9 heteroatoms. The summed E-state index contributed by atoms with van der Waals surface area (Å²) in [5.74, 6) is -1.82. The van der Waals surface area contributed by atoms with Gasteiger partial charge < -0.3 is 15.2 Å². The maximum Gasteiger partial charge on any atom is 0.342 e. The fourth-order valence-corrected chi connectivity index (χ4v) is 2.14. The van der Waals surface area contributed by atoms with Gasteiger partial charge in [0, 0.05) is 11.8 Å². The lowest BCUT2D eigenvalue weighted by Crippen LogP contribution is -2.21. The number of aryl methyl sites for hydroxylation is 1. The Balaban J connectivity index is 1.99. The van der Waals surface area contributed by atoms with Crippen molar-refractivity contribution in [3.63, 3.8) is 0 Å². The average molecular weight is 365 g/mol. The minimum absolute atomic E-state index is 0.0602. The lowest BCUT2D eigenvalue weighted by molar-refractivity contribution is -0.384. The van der Waals surface area contributed by atoms with E-state index in [-0.39, 0.29) is 27.7 Å². The molecule has 2 aromatic rings. The van der Waals surface area contributed by atoms with Crippen LogP contribution in [-0.2, 0) is 9.53 Å². The highest BCUT2D eigenvalue weighted by atomic mass is 35.5. The lowest BCUT2D eigenvalue weighted by Gasteiger charge is -2.08. The SMILES string of the molecule is Cc1ccc(O)c(C(=O)OCC(=O)Nc2ccc(Cl)c([N+](=O)[O-])c2)c1. The van der Waals surface area contributed by atoms with Crippen molar-refractivity contribution < 1.29 is 24.4 Å². The predicted octanol–water partition coefficient (Wildman–Crippen LogP) is 3.06. The van der Waals surface area contributed by atoms with Crippen molar-refractivity contribution in [1.82, 2.24) is 0 Å². The van der Waals surface area contributed by atoms with Crippen LogP contribution >= 0.6 is 11.6 Å². The molecule has 0 radical (unpaired) electrons. The number of amides is 1. The molecule has 0 spiro atoms. The summed E-state index contributed by atoms with van der Waals surface area (Å²) in [4.78, 5) is 33.8. The molecule has 0 aliphatic heterocycles. The van der Waals surface area contributed by atoms with Crippen LogP contribution in [0.4, 0.5) is 11.4 Å². The molecule has 0 fully saturated rings. The number of nitrogens with zero attached hydrogens (tertiary/aromatic N) is 1. The Morgan fingerprint density at radius 2 is 2.00 bits per heavy atom. The molecule has 0 aromatic heterocycles. The zero-order valence-corrected chi connectivity index (χ0v) is 13.7. The van der Waals surface area contributed by atoms with Gasteiger partial charge in [-0.15, -0.1) is 0 Å². The first-order valence-electron chi connectivity index (χ1n) is 6.98. The van der Waals surface area contributed by atoms with E-state index in [1.807, 2.05) is 0 Å². The Bertz CT molecular complexity index is 853. The Labute approximate surface area is 147 Å². The number of halogens is 1. The summed E-state index contributed by atoms with van der Waals surface area (Å²) in [5.41, 5.74) is 0.453.